The first kappa shape index (κ1) is 36.0. The number of hydrogen-bond donors (Lipinski definition) is 2. The third-order valence-electron chi connectivity index (χ3n) is 11.1. The van der Waals surface area contributed by atoms with E-state index in [0.29, 0.717) is 44.7 Å². The molecule has 5 aliphatic heterocycles. The number of carbonyl (C=O) groups excluding carboxylic acids is 4. The summed E-state index contributed by atoms with van der Waals surface area (Å²) < 4.78 is 18.4. The van der Waals surface area contributed by atoms with Crippen LogP contribution in [0.2, 0.25) is 0 Å². The first-order chi connectivity index (χ1) is 25.3. The number of aliphatic hydroxyl groups is 1. The Morgan fingerprint density at radius 1 is 0.942 bits per heavy atom. The molecule has 276 valence electrons. The van der Waals surface area contributed by atoms with E-state index in [9.17, 15) is 19.5 Å². The van der Waals surface area contributed by atoms with Crippen molar-refractivity contribution in [3.63, 3.8) is 0 Å². The number of carbonyl (C=O) groups is 4. The summed E-state index contributed by atoms with van der Waals surface area (Å²) in [5.74, 6) is -3.68. The second-order valence-corrected chi connectivity index (χ2v) is 14.3. The van der Waals surface area contributed by atoms with Gasteiger partial charge >= 0.3 is 5.97 Å². The number of likely N-dealkylation sites (tertiary alicyclic amines) is 1. The molecule has 1 spiro atoms. The lowest BCUT2D eigenvalue weighted by Crippen LogP contribution is -2.59. The Morgan fingerprint density at radius 3 is 2.40 bits per heavy atom. The van der Waals surface area contributed by atoms with E-state index in [4.69, 9.17) is 14.2 Å². The molecule has 52 heavy (non-hydrogen) atoms. The van der Waals surface area contributed by atoms with E-state index >= 15 is 4.79 Å². The normalized spacial score (nSPS) is 32.4. The van der Waals surface area contributed by atoms with Gasteiger partial charge < -0.3 is 34.4 Å². The van der Waals surface area contributed by atoms with Gasteiger partial charge in [0.15, 0.2) is 0 Å². The van der Waals surface area contributed by atoms with Crippen molar-refractivity contribution in [1.82, 2.24) is 20.0 Å². The number of rotatable bonds is 8. The number of cyclic esters (lactones) is 1. The van der Waals surface area contributed by atoms with E-state index in [1.165, 1.54) is 4.90 Å². The highest BCUT2D eigenvalue weighted by atomic mass is 16.6. The maximum absolute atomic E-state index is 15.1. The Labute approximate surface area is 304 Å². The number of nitrogens with zero attached hydrogens (tertiary/aromatic N) is 3. The van der Waals surface area contributed by atoms with Gasteiger partial charge in [-0.25, -0.2) is 0 Å². The quantitative estimate of drug-likeness (QED) is 0.311. The lowest BCUT2D eigenvalue weighted by atomic mass is 9.74. The smallest absolute Gasteiger partial charge is 0.313 e. The minimum absolute atomic E-state index is 0.192. The summed E-state index contributed by atoms with van der Waals surface area (Å²) in [6, 6.07) is 16.3. The number of benzene rings is 2. The van der Waals surface area contributed by atoms with Crippen molar-refractivity contribution in [2.45, 2.75) is 62.1 Å². The van der Waals surface area contributed by atoms with Crippen LogP contribution in [0, 0.1) is 11.8 Å². The summed E-state index contributed by atoms with van der Waals surface area (Å²) in [4.78, 5) is 63.0. The topological polar surface area (TPSA) is 138 Å². The molecular weight excluding hydrogens is 664 g/mol. The average molecular weight is 713 g/mol. The number of ether oxygens (including phenoxy) is 3. The highest BCUT2D eigenvalue weighted by molar-refractivity contribution is 5.99. The predicted molar refractivity (Wildman–Crippen MR) is 190 cm³/mol. The molecule has 12 heteroatoms. The van der Waals surface area contributed by atoms with Gasteiger partial charge in [0, 0.05) is 39.1 Å². The number of aliphatic hydroxyl groups excluding tert-OH is 1. The summed E-state index contributed by atoms with van der Waals surface area (Å²) >= 11 is 0. The summed E-state index contributed by atoms with van der Waals surface area (Å²) in [7, 11) is 0. The van der Waals surface area contributed by atoms with E-state index in [1.54, 1.807) is 24.0 Å². The average Bonchev–Trinajstić information content (AvgIpc) is 3.81. The minimum atomic E-state index is -1.44. The van der Waals surface area contributed by atoms with Crippen LogP contribution in [0.5, 0.6) is 0 Å². The van der Waals surface area contributed by atoms with E-state index in [2.05, 4.69) is 10.2 Å². The zero-order chi connectivity index (χ0) is 36.2. The molecule has 3 fully saturated rings. The predicted octanol–water partition coefficient (Wildman–Crippen LogP) is 2.04. The number of esters is 1. The van der Waals surface area contributed by atoms with E-state index < -0.39 is 66.3 Å². The Morgan fingerprint density at radius 2 is 1.67 bits per heavy atom. The van der Waals surface area contributed by atoms with Crippen molar-refractivity contribution in [3.05, 3.63) is 96.1 Å². The Kier molecular flexibility index (Phi) is 10.9. The molecular formula is C40H48N4O8. The summed E-state index contributed by atoms with van der Waals surface area (Å²) in [5.41, 5.74) is 0.154. The lowest BCUT2D eigenvalue weighted by Gasteiger charge is -2.39. The third-order valence-corrected chi connectivity index (χ3v) is 11.1. The molecule has 5 heterocycles. The van der Waals surface area contributed by atoms with E-state index in [1.807, 2.05) is 72.8 Å². The van der Waals surface area contributed by atoms with Gasteiger partial charge in [-0.2, -0.15) is 0 Å². The van der Waals surface area contributed by atoms with Crippen LogP contribution >= 0.6 is 0 Å². The van der Waals surface area contributed by atoms with Crippen molar-refractivity contribution in [2.24, 2.45) is 11.8 Å². The number of morpholine rings is 1. The van der Waals surface area contributed by atoms with Gasteiger partial charge in [0.1, 0.15) is 23.7 Å². The molecule has 8 atom stereocenters. The van der Waals surface area contributed by atoms with E-state index in [-0.39, 0.29) is 24.8 Å². The van der Waals surface area contributed by atoms with Gasteiger partial charge in [-0.05, 0) is 30.9 Å². The Balaban J connectivity index is 1.29. The van der Waals surface area contributed by atoms with Gasteiger partial charge in [-0.15, -0.1) is 0 Å². The van der Waals surface area contributed by atoms with Gasteiger partial charge in [-0.3, -0.25) is 24.1 Å². The summed E-state index contributed by atoms with van der Waals surface area (Å²) in [6.07, 6.45) is 6.66. The van der Waals surface area contributed by atoms with Gasteiger partial charge in [0.2, 0.25) is 17.7 Å². The largest absolute Gasteiger partial charge is 0.455 e. The van der Waals surface area contributed by atoms with Crippen LogP contribution in [0.1, 0.15) is 37.0 Å². The number of nitrogens with one attached hydrogen (secondary N) is 1. The number of fused-ring (bicyclic) bond motifs is 2. The lowest BCUT2D eigenvalue weighted by molar-refractivity contribution is -0.162. The van der Waals surface area contributed by atoms with E-state index in [0.717, 1.165) is 18.7 Å². The van der Waals surface area contributed by atoms with Gasteiger partial charge in [0.25, 0.3) is 0 Å². The van der Waals surface area contributed by atoms with Crippen LogP contribution in [0.3, 0.4) is 0 Å². The molecule has 0 radical (unpaired) electrons. The number of allylic oxidation sites excluding steroid dienone is 1. The van der Waals surface area contributed by atoms with Crippen molar-refractivity contribution >= 4 is 23.7 Å². The molecule has 0 saturated carbocycles. The molecule has 0 aliphatic carbocycles. The molecule has 0 aromatic heterocycles. The SMILES string of the molecule is C[C@@H]1NC(=O)CC/C=C\CN(CCN2CCOCC2)C(=O)[C@H]2N([C@@H](CO)Cc3ccccc3)C(=O)[C@@H]3[C@@H](C(=O)O[C@H]1c1ccccc1)[C@H]1C=C[C@]32O1. The summed E-state index contributed by atoms with van der Waals surface area (Å²) in [5, 5.41) is 13.9. The van der Waals surface area contributed by atoms with Crippen LogP contribution < -0.4 is 5.32 Å². The van der Waals surface area contributed by atoms with Crippen molar-refractivity contribution in [3.8, 4) is 0 Å². The fourth-order valence-electron chi connectivity index (χ4n) is 8.48. The zero-order valence-electron chi connectivity index (χ0n) is 29.5. The standard InChI is InChI=1S/C40H48N4O8/c1-27-35(29-13-7-3-8-14-29)51-39(49)33-31-16-17-40(52-31)34(33)37(47)44(30(26-45)25-28-11-5-2-6-12-28)36(40)38(48)43(18-10-4-9-15-32(46)41-27)20-19-42-21-23-50-24-22-42/h2-8,10-14,16-17,27,30-31,33-36,45H,9,15,18-26H2,1H3,(H,41,46)/b10-4-/t27-,30+,31+,33-,34-,35+,36+,40-/m0/s1. The van der Waals surface area contributed by atoms with Gasteiger partial charge in [0.05, 0.1) is 43.9 Å². The van der Waals surface area contributed by atoms with Gasteiger partial charge in [-0.1, -0.05) is 85.0 Å². The zero-order valence-corrected chi connectivity index (χ0v) is 29.5. The maximum atomic E-state index is 15.1. The minimum Gasteiger partial charge on any atom is -0.455 e. The first-order valence-electron chi connectivity index (χ1n) is 18.4. The monoisotopic (exact) mass is 712 g/mol. The van der Waals surface area contributed by atoms with Crippen LogP contribution in [-0.2, 0) is 39.8 Å². The molecule has 0 unspecified atom stereocenters. The molecule has 3 saturated heterocycles. The second kappa shape index (κ2) is 15.7. The molecule has 5 aliphatic rings. The van der Waals surface area contributed by atoms with Crippen LogP contribution in [-0.4, -0.2) is 126 Å². The molecule has 12 nitrogen and oxygen atoms in total. The van der Waals surface area contributed by atoms with Crippen LogP contribution in [0.4, 0.5) is 0 Å². The summed E-state index contributed by atoms with van der Waals surface area (Å²) in [6.45, 7) is 5.35. The molecule has 3 amide bonds. The van der Waals surface area contributed by atoms with Crippen molar-refractivity contribution < 1.29 is 38.5 Å². The highest BCUT2D eigenvalue weighted by Gasteiger charge is 2.74. The first-order valence-corrected chi connectivity index (χ1v) is 18.4. The second-order valence-electron chi connectivity index (χ2n) is 14.3. The molecule has 2 aromatic rings. The van der Waals surface area contributed by atoms with Crippen molar-refractivity contribution in [1.29, 1.82) is 0 Å². The van der Waals surface area contributed by atoms with Crippen LogP contribution in [0.25, 0.3) is 0 Å². The molecule has 7 rings (SSSR count). The number of amides is 3. The maximum Gasteiger partial charge on any atom is 0.313 e. The third kappa shape index (κ3) is 7.04. The highest BCUT2D eigenvalue weighted by Crippen LogP contribution is 2.56. The van der Waals surface area contributed by atoms with Crippen molar-refractivity contribution in [2.75, 3.05) is 52.5 Å². The molecule has 2 aromatic carbocycles. The Bertz CT molecular complexity index is 1660. The Hall–Kier alpha value is -4.36. The fourth-order valence-corrected chi connectivity index (χ4v) is 8.48. The number of hydrogen-bond acceptors (Lipinski definition) is 9. The molecule has 5 bridgehead atoms. The van der Waals surface area contributed by atoms with Crippen LogP contribution in [0.15, 0.2) is 85.0 Å². The molecule has 2 N–H and O–H groups in total. The fraction of sp³-hybridized carbons (Fsp3) is 0.500.